The number of methoxy groups -OCH3 is 1. The van der Waals surface area contributed by atoms with E-state index in [9.17, 15) is 13.2 Å². The van der Waals surface area contributed by atoms with Gasteiger partial charge in [-0.3, -0.25) is 4.79 Å². The molecule has 0 saturated heterocycles. The molecule has 0 spiro atoms. The predicted octanol–water partition coefficient (Wildman–Crippen LogP) is 2.13. The smallest absolute Gasteiger partial charge is 0.258 e. The van der Waals surface area contributed by atoms with E-state index in [-0.39, 0.29) is 23.1 Å². The van der Waals surface area contributed by atoms with Crippen molar-refractivity contribution in [3.05, 3.63) is 54.1 Å². The van der Waals surface area contributed by atoms with Crippen molar-refractivity contribution in [3.8, 4) is 5.75 Å². The van der Waals surface area contributed by atoms with Crippen LogP contribution in [0.5, 0.6) is 5.75 Å². The van der Waals surface area contributed by atoms with E-state index in [1.807, 2.05) is 0 Å². The molecule has 0 radical (unpaired) electrons. The van der Waals surface area contributed by atoms with Gasteiger partial charge >= 0.3 is 0 Å². The van der Waals surface area contributed by atoms with Crippen molar-refractivity contribution < 1.29 is 17.9 Å². The number of amides is 1. The van der Waals surface area contributed by atoms with E-state index in [4.69, 9.17) is 4.74 Å². The van der Waals surface area contributed by atoms with Gasteiger partial charge in [0.2, 0.25) is 0 Å². The molecule has 0 N–H and O–H groups in total. The number of fused-ring (bicyclic) bond motifs is 1. The summed E-state index contributed by atoms with van der Waals surface area (Å²) in [6.45, 7) is 0.148. The largest absolute Gasteiger partial charge is 0.497 e. The number of hydrogen-bond donors (Lipinski definition) is 0. The maximum atomic E-state index is 12.7. The fourth-order valence-corrected chi connectivity index (χ4v) is 3.93. The summed E-state index contributed by atoms with van der Waals surface area (Å²) in [7, 11) is -1.79. The number of ether oxygens (including phenoxy) is 1. The van der Waals surface area contributed by atoms with E-state index in [2.05, 4.69) is 0 Å². The van der Waals surface area contributed by atoms with Crippen LogP contribution in [-0.2, 0) is 9.84 Å². The number of carbonyl (C=O) groups excluding carboxylic acids is 1. The Bertz CT molecular complexity index is 830. The molecule has 0 saturated carbocycles. The van der Waals surface area contributed by atoms with Gasteiger partial charge in [-0.05, 0) is 30.3 Å². The van der Waals surface area contributed by atoms with Gasteiger partial charge in [-0.1, -0.05) is 18.2 Å². The molecule has 1 amide bonds. The Hall–Kier alpha value is -2.34. The van der Waals surface area contributed by atoms with Crippen LogP contribution in [0.2, 0.25) is 0 Å². The standard InChI is InChI=1S/C16H15NO4S/c1-21-13-6-4-5-12(11-13)16(18)17-9-10-22(19,20)15-8-3-2-7-14(15)17/h2-8,11H,9-10H2,1H3. The van der Waals surface area contributed by atoms with Gasteiger partial charge in [0.1, 0.15) is 5.75 Å². The van der Waals surface area contributed by atoms with Crippen molar-refractivity contribution in [2.24, 2.45) is 0 Å². The number of rotatable bonds is 2. The van der Waals surface area contributed by atoms with Crippen molar-refractivity contribution in [2.75, 3.05) is 24.3 Å². The van der Waals surface area contributed by atoms with Gasteiger partial charge in [0.15, 0.2) is 9.84 Å². The molecule has 0 bridgehead atoms. The summed E-state index contributed by atoms with van der Waals surface area (Å²) >= 11 is 0. The van der Waals surface area contributed by atoms with Crippen LogP contribution < -0.4 is 9.64 Å². The first-order valence-electron chi connectivity index (χ1n) is 6.80. The first-order chi connectivity index (χ1) is 10.5. The van der Waals surface area contributed by atoms with E-state index in [0.717, 1.165) is 0 Å². The van der Waals surface area contributed by atoms with Crippen molar-refractivity contribution in [1.82, 2.24) is 0 Å². The van der Waals surface area contributed by atoms with E-state index in [1.165, 1.54) is 18.1 Å². The third kappa shape index (κ3) is 2.46. The zero-order valence-electron chi connectivity index (χ0n) is 12.0. The number of para-hydroxylation sites is 1. The Labute approximate surface area is 129 Å². The topological polar surface area (TPSA) is 63.7 Å². The number of carbonyl (C=O) groups is 1. The third-order valence-corrected chi connectivity index (χ3v) is 5.37. The summed E-state index contributed by atoms with van der Waals surface area (Å²) in [5, 5.41) is 0. The second-order valence-corrected chi connectivity index (χ2v) is 7.05. The van der Waals surface area contributed by atoms with Gasteiger partial charge in [-0.25, -0.2) is 8.42 Å². The van der Waals surface area contributed by atoms with Gasteiger partial charge in [0.05, 0.1) is 23.4 Å². The Balaban J connectivity index is 2.04. The first kappa shape index (κ1) is 14.6. The average Bonchev–Trinajstić information content (AvgIpc) is 2.55. The highest BCUT2D eigenvalue weighted by atomic mass is 32.2. The molecule has 0 fully saturated rings. The van der Waals surface area contributed by atoms with Crippen LogP contribution in [-0.4, -0.2) is 33.7 Å². The van der Waals surface area contributed by atoms with Gasteiger partial charge in [0, 0.05) is 12.1 Å². The zero-order valence-corrected chi connectivity index (χ0v) is 12.8. The molecule has 3 rings (SSSR count). The molecule has 0 aliphatic carbocycles. The lowest BCUT2D eigenvalue weighted by atomic mass is 10.1. The minimum Gasteiger partial charge on any atom is -0.497 e. The molecule has 0 atom stereocenters. The Morgan fingerprint density at radius 3 is 2.68 bits per heavy atom. The second kappa shape index (κ2) is 5.46. The lowest BCUT2D eigenvalue weighted by Gasteiger charge is -2.29. The lowest BCUT2D eigenvalue weighted by Crippen LogP contribution is -2.39. The van der Waals surface area contributed by atoms with E-state index in [1.54, 1.807) is 42.5 Å². The van der Waals surface area contributed by atoms with Gasteiger partial charge in [-0.15, -0.1) is 0 Å². The molecule has 1 aliphatic heterocycles. The van der Waals surface area contributed by atoms with E-state index in [0.29, 0.717) is 17.0 Å². The number of hydrogen-bond acceptors (Lipinski definition) is 4. The summed E-state index contributed by atoms with van der Waals surface area (Å²) in [4.78, 5) is 14.4. The lowest BCUT2D eigenvalue weighted by molar-refractivity contribution is 0.0987. The molecule has 0 aromatic heterocycles. The number of sulfone groups is 1. The van der Waals surface area contributed by atoms with Crippen LogP contribution in [0.25, 0.3) is 0 Å². The molecular weight excluding hydrogens is 302 g/mol. The molecule has 1 aliphatic rings. The molecule has 114 valence electrons. The fraction of sp³-hybridized carbons (Fsp3) is 0.188. The van der Waals surface area contributed by atoms with Crippen LogP contribution in [0.1, 0.15) is 10.4 Å². The zero-order chi connectivity index (χ0) is 15.7. The number of nitrogens with zero attached hydrogens (tertiary/aromatic N) is 1. The monoisotopic (exact) mass is 317 g/mol. The van der Waals surface area contributed by atoms with Gasteiger partial charge in [0.25, 0.3) is 5.91 Å². The summed E-state index contributed by atoms with van der Waals surface area (Å²) < 4.78 is 29.4. The van der Waals surface area contributed by atoms with Crippen molar-refractivity contribution in [2.45, 2.75) is 4.90 Å². The fourth-order valence-electron chi connectivity index (χ4n) is 2.51. The molecule has 0 unspecified atom stereocenters. The molecular formula is C16H15NO4S. The maximum absolute atomic E-state index is 12.7. The Kier molecular flexibility index (Phi) is 3.62. The average molecular weight is 317 g/mol. The molecule has 5 nitrogen and oxygen atoms in total. The minimum absolute atomic E-state index is 0.0697. The van der Waals surface area contributed by atoms with Crippen LogP contribution in [0.15, 0.2) is 53.4 Å². The molecule has 2 aromatic carbocycles. The second-order valence-electron chi connectivity index (χ2n) is 4.98. The van der Waals surface area contributed by atoms with Crippen molar-refractivity contribution in [3.63, 3.8) is 0 Å². The van der Waals surface area contributed by atoms with Crippen LogP contribution in [0.3, 0.4) is 0 Å². The number of anilines is 1. The molecule has 1 heterocycles. The Morgan fingerprint density at radius 1 is 1.14 bits per heavy atom. The molecule has 2 aromatic rings. The van der Waals surface area contributed by atoms with E-state index >= 15 is 0 Å². The van der Waals surface area contributed by atoms with Crippen molar-refractivity contribution in [1.29, 1.82) is 0 Å². The SMILES string of the molecule is COc1cccc(C(=O)N2CCS(=O)(=O)c3ccccc32)c1. The van der Waals surface area contributed by atoms with Crippen LogP contribution in [0, 0.1) is 0 Å². The summed E-state index contributed by atoms with van der Waals surface area (Å²) in [5.41, 5.74) is 0.898. The highest BCUT2D eigenvalue weighted by Crippen LogP contribution is 2.31. The van der Waals surface area contributed by atoms with E-state index < -0.39 is 9.84 Å². The van der Waals surface area contributed by atoms with Gasteiger partial charge < -0.3 is 9.64 Å². The molecule has 6 heteroatoms. The quantitative estimate of drug-likeness (QED) is 0.851. The minimum atomic E-state index is -3.32. The highest BCUT2D eigenvalue weighted by Gasteiger charge is 2.31. The summed E-state index contributed by atoms with van der Waals surface area (Å²) in [5.74, 6) is 0.282. The summed E-state index contributed by atoms with van der Waals surface area (Å²) in [6, 6.07) is 13.4. The maximum Gasteiger partial charge on any atom is 0.258 e. The highest BCUT2D eigenvalue weighted by molar-refractivity contribution is 7.91. The normalized spacial score (nSPS) is 16.0. The van der Waals surface area contributed by atoms with Crippen LogP contribution in [0.4, 0.5) is 5.69 Å². The van der Waals surface area contributed by atoms with Crippen molar-refractivity contribution >= 4 is 21.4 Å². The number of benzene rings is 2. The predicted molar refractivity (Wildman–Crippen MR) is 83.2 cm³/mol. The van der Waals surface area contributed by atoms with Crippen LogP contribution >= 0.6 is 0 Å². The summed E-state index contributed by atoms with van der Waals surface area (Å²) in [6.07, 6.45) is 0. The Morgan fingerprint density at radius 2 is 1.91 bits per heavy atom. The third-order valence-electron chi connectivity index (χ3n) is 3.64. The van der Waals surface area contributed by atoms with Gasteiger partial charge in [-0.2, -0.15) is 0 Å². The first-order valence-corrected chi connectivity index (χ1v) is 8.46. The molecule has 22 heavy (non-hydrogen) atoms.